The molecule has 1 amide bonds. The van der Waals surface area contributed by atoms with Crippen LogP contribution in [-0.2, 0) is 4.79 Å². The third kappa shape index (κ3) is 5.30. The molecule has 2 aromatic rings. The van der Waals surface area contributed by atoms with E-state index in [1.54, 1.807) is 19.3 Å². The summed E-state index contributed by atoms with van der Waals surface area (Å²) in [5, 5.41) is 8.00. The minimum absolute atomic E-state index is 0.263. The van der Waals surface area contributed by atoms with E-state index in [0.29, 0.717) is 17.0 Å². The zero-order chi connectivity index (χ0) is 21.6. The molecule has 0 bridgehead atoms. The minimum atomic E-state index is -0.740. The Morgan fingerprint density at radius 2 is 2.17 bits per heavy atom. The predicted octanol–water partition coefficient (Wildman–Crippen LogP) is 3.25. The number of thioether (sulfide) groups is 1. The van der Waals surface area contributed by atoms with Crippen molar-refractivity contribution in [2.75, 3.05) is 13.3 Å². The molecule has 1 aromatic heterocycles. The van der Waals surface area contributed by atoms with Crippen LogP contribution >= 0.6 is 11.8 Å². The number of pyridine rings is 1. The normalized spacial score (nSPS) is 12.8. The number of nitrogens with zero attached hydrogens (tertiary/aromatic N) is 2. The van der Waals surface area contributed by atoms with E-state index in [0.717, 1.165) is 16.5 Å². The largest absolute Gasteiger partial charge is 0.470 e. The molecule has 29 heavy (non-hydrogen) atoms. The Bertz CT molecular complexity index is 992. The van der Waals surface area contributed by atoms with Gasteiger partial charge in [-0.25, -0.2) is 0 Å². The van der Waals surface area contributed by atoms with Crippen LogP contribution in [0, 0.1) is 19.3 Å². The van der Waals surface area contributed by atoms with Gasteiger partial charge in [-0.2, -0.15) is 5.10 Å². The third-order valence-corrected chi connectivity index (χ3v) is 5.03. The van der Waals surface area contributed by atoms with Crippen molar-refractivity contribution in [2.45, 2.75) is 31.7 Å². The molecule has 0 aliphatic rings. The maximum Gasteiger partial charge on any atom is 0.272 e. The first kappa shape index (κ1) is 22.3. The van der Waals surface area contributed by atoms with Gasteiger partial charge in [-0.05, 0) is 56.9 Å². The van der Waals surface area contributed by atoms with E-state index in [1.807, 2.05) is 45.2 Å². The number of hydrazone groups is 1. The topological polar surface area (TPSA) is 75.6 Å². The van der Waals surface area contributed by atoms with E-state index < -0.39 is 11.0 Å². The van der Waals surface area contributed by atoms with Crippen LogP contribution in [0.25, 0.3) is 10.9 Å². The van der Waals surface area contributed by atoms with Gasteiger partial charge in [0.25, 0.3) is 5.91 Å². The number of hydrogen-bond donors (Lipinski definition) is 2. The lowest BCUT2D eigenvalue weighted by molar-refractivity contribution is -0.125. The van der Waals surface area contributed by atoms with Crippen molar-refractivity contribution in [2.24, 2.45) is 5.10 Å². The zero-order valence-corrected chi connectivity index (χ0v) is 18.2. The van der Waals surface area contributed by atoms with E-state index >= 15 is 0 Å². The van der Waals surface area contributed by atoms with Gasteiger partial charge in [0.15, 0.2) is 0 Å². The number of ether oxygens (including phenoxy) is 1. The highest BCUT2D eigenvalue weighted by Crippen LogP contribution is 2.26. The fourth-order valence-electron chi connectivity index (χ4n) is 2.87. The number of carbonyl (C=O) groups excluding carboxylic acids is 1. The van der Waals surface area contributed by atoms with Crippen LogP contribution in [0.15, 0.2) is 42.2 Å². The summed E-state index contributed by atoms with van der Waals surface area (Å²) >= 11 is 1.30. The number of terminal acetylenes is 1. The first-order valence-corrected chi connectivity index (χ1v) is 10.3. The van der Waals surface area contributed by atoms with Gasteiger partial charge in [0.1, 0.15) is 5.75 Å². The van der Waals surface area contributed by atoms with Crippen LogP contribution in [0.2, 0.25) is 0 Å². The van der Waals surface area contributed by atoms with Crippen molar-refractivity contribution in [3.05, 3.63) is 48.2 Å². The zero-order valence-electron chi connectivity index (χ0n) is 17.4. The lowest BCUT2D eigenvalue weighted by Crippen LogP contribution is -2.53. The lowest BCUT2D eigenvalue weighted by Gasteiger charge is -2.28. The molecule has 1 heterocycles. The third-order valence-electron chi connectivity index (χ3n) is 4.29. The Balaban J connectivity index is 2.27. The van der Waals surface area contributed by atoms with Crippen LogP contribution in [0.4, 0.5) is 0 Å². The van der Waals surface area contributed by atoms with Gasteiger partial charge < -0.3 is 15.5 Å². The van der Waals surface area contributed by atoms with Crippen molar-refractivity contribution in [3.63, 3.8) is 0 Å². The van der Waals surface area contributed by atoms with Gasteiger partial charge in [0.2, 0.25) is 5.44 Å². The monoisotopic (exact) mass is 410 g/mol. The Labute approximate surface area is 176 Å². The molecule has 0 spiro atoms. The predicted molar refractivity (Wildman–Crippen MR) is 121 cm³/mol. The first-order chi connectivity index (χ1) is 13.7. The molecule has 2 rings (SSSR count). The Morgan fingerprint density at radius 1 is 1.45 bits per heavy atom. The molecule has 0 aliphatic heterocycles. The summed E-state index contributed by atoms with van der Waals surface area (Å²) in [7, 11) is 1.69. The maximum atomic E-state index is 12.9. The average molecular weight is 411 g/mol. The van der Waals surface area contributed by atoms with E-state index in [1.165, 1.54) is 11.8 Å². The van der Waals surface area contributed by atoms with Crippen LogP contribution in [0.1, 0.15) is 25.0 Å². The SMILES string of the molecule is C#Cc1cnc2c(C)cc(OC(SC)C(=O)NC(C)(C)/C(C=C)=N/NC)cc2c1. The second-order valence-corrected chi connectivity index (χ2v) is 7.80. The van der Waals surface area contributed by atoms with Crippen molar-refractivity contribution >= 4 is 34.3 Å². The van der Waals surface area contributed by atoms with Gasteiger partial charge >= 0.3 is 0 Å². The standard InChI is InChI=1S/C22H26N4O2S/c1-8-15-11-16-12-17(10-14(3)19(16)24-13-15)28-21(29-7)20(27)25-22(4,5)18(9-2)26-23-6/h1,9-13,21,23H,2H2,3-7H3,(H,25,27)/b26-18+. The quantitative estimate of drug-likeness (QED) is 0.302. The lowest BCUT2D eigenvalue weighted by atomic mass is 9.98. The molecule has 0 fully saturated rings. The number of benzene rings is 1. The average Bonchev–Trinajstić information content (AvgIpc) is 2.69. The fraction of sp³-hybridized carbons (Fsp3) is 0.318. The van der Waals surface area contributed by atoms with Crippen molar-refractivity contribution < 1.29 is 9.53 Å². The van der Waals surface area contributed by atoms with Crippen molar-refractivity contribution in [3.8, 4) is 18.1 Å². The highest BCUT2D eigenvalue weighted by Gasteiger charge is 2.30. The van der Waals surface area contributed by atoms with Gasteiger partial charge in [-0.3, -0.25) is 9.78 Å². The smallest absolute Gasteiger partial charge is 0.272 e. The second-order valence-electron chi connectivity index (χ2n) is 6.90. The molecule has 1 aromatic carbocycles. The Hall–Kier alpha value is -2.98. The number of aryl methyl sites for hydroxylation is 1. The van der Waals surface area contributed by atoms with Crippen LogP contribution in [0.5, 0.6) is 5.75 Å². The summed E-state index contributed by atoms with van der Waals surface area (Å²) in [6, 6.07) is 5.59. The van der Waals surface area contributed by atoms with E-state index in [4.69, 9.17) is 11.2 Å². The number of nitrogens with one attached hydrogen (secondary N) is 2. The maximum absolute atomic E-state index is 12.9. The highest BCUT2D eigenvalue weighted by molar-refractivity contribution is 7.99. The number of fused-ring (bicyclic) bond motifs is 1. The van der Waals surface area contributed by atoms with Crippen LogP contribution in [-0.4, -0.2) is 40.9 Å². The highest BCUT2D eigenvalue weighted by atomic mass is 32.2. The van der Waals surface area contributed by atoms with Gasteiger partial charge in [0, 0.05) is 24.2 Å². The summed E-state index contributed by atoms with van der Waals surface area (Å²) in [4.78, 5) is 17.3. The summed E-state index contributed by atoms with van der Waals surface area (Å²) < 4.78 is 6.00. The van der Waals surface area contributed by atoms with Crippen LogP contribution < -0.4 is 15.5 Å². The number of amides is 1. The van der Waals surface area contributed by atoms with Crippen LogP contribution in [0.3, 0.4) is 0 Å². The van der Waals surface area contributed by atoms with E-state index in [-0.39, 0.29) is 5.91 Å². The molecule has 1 atom stereocenters. The molecule has 7 heteroatoms. The summed E-state index contributed by atoms with van der Waals surface area (Å²) in [5.74, 6) is 2.90. The Kier molecular flexibility index (Phi) is 7.29. The molecule has 6 nitrogen and oxygen atoms in total. The number of aromatic nitrogens is 1. The molecular formula is C22H26N4O2S. The fourth-order valence-corrected chi connectivity index (χ4v) is 3.35. The molecule has 152 valence electrons. The van der Waals surface area contributed by atoms with Gasteiger partial charge in [-0.15, -0.1) is 18.2 Å². The molecule has 0 radical (unpaired) electrons. The summed E-state index contributed by atoms with van der Waals surface area (Å²) in [6.07, 6.45) is 10.6. The number of rotatable bonds is 8. The first-order valence-electron chi connectivity index (χ1n) is 9.01. The second kappa shape index (κ2) is 9.48. The van der Waals surface area contributed by atoms with E-state index in [9.17, 15) is 4.79 Å². The molecule has 0 saturated carbocycles. The minimum Gasteiger partial charge on any atom is -0.470 e. The van der Waals surface area contributed by atoms with E-state index in [2.05, 4.69) is 33.3 Å². The number of carbonyl (C=O) groups is 1. The molecule has 0 aliphatic carbocycles. The van der Waals surface area contributed by atoms with Gasteiger partial charge in [-0.1, -0.05) is 12.5 Å². The Morgan fingerprint density at radius 3 is 2.76 bits per heavy atom. The van der Waals surface area contributed by atoms with Crippen molar-refractivity contribution in [1.82, 2.24) is 15.7 Å². The molecule has 1 unspecified atom stereocenters. The molecule has 0 saturated heterocycles. The van der Waals surface area contributed by atoms with Gasteiger partial charge in [0.05, 0.1) is 16.8 Å². The molecular weight excluding hydrogens is 384 g/mol. The summed E-state index contributed by atoms with van der Waals surface area (Å²) in [5.41, 5.74) is 4.36. The summed E-state index contributed by atoms with van der Waals surface area (Å²) in [6.45, 7) is 9.41. The molecule has 2 N–H and O–H groups in total. The number of hydrogen-bond acceptors (Lipinski definition) is 6. The van der Waals surface area contributed by atoms with Crippen molar-refractivity contribution in [1.29, 1.82) is 0 Å².